The molecule has 0 aromatic heterocycles. The molecule has 3 nitrogen and oxygen atoms in total. The molecule has 5 heteroatoms. The molecular formula is C25H25Cl2NO2. The van der Waals surface area contributed by atoms with Gasteiger partial charge in [0.1, 0.15) is 6.10 Å². The Kier molecular flexibility index (Phi) is 5.51. The van der Waals surface area contributed by atoms with E-state index in [1.807, 2.05) is 30.3 Å². The lowest BCUT2D eigenvalue weighted by molar-refractivity contribution is 0.0211. The monoisotopic (exact) mass is 441 g/mol. The number of carbonyl (C=O) groups excluding carboxylic acids is 1. The zero-order valence-electron chi connectivity index (χ0n) is 16.7. The molecule has 2 aliphatic carbocycles. The van der Waals surface area contributed by atoms with Crippen molar-refractivity contribution in [2.75, 3.05) is 5.32 Å². The maximum atomic E-state index is 12.8. The van der Waals surface area contributed by atoms with E-state index in [1.165, 1.54) is 6.42 Å². The van der Waals surface area contributed by atoms with Crippen LogP contribution in [-0.4, -0.2) is 12.1 Å². The van der Waals surface area contributed by atoms with Crippen LogP contribution in [0.15, 0.2) is 48.6 Å². The molecule has 156 valence electrons. The lowest BCUT2D eigenvalue weighted by Crippen LogP contribution is -2.29. The summed E-state index contributed by atoms with van der Waals surface area (Å²) in [4.78, 5) is 12.8. The smallest absolute Gasteiger partial charge is 0.338 e. The van der Waals surface area contributed by atoms with E-state index in [0.29, 0.717) is 21.5 Å². The Labute approximate surface area is 187 Å². The summed E-state index contributed by atoms with van der Waals surface area (Å²) in [6.45, 7) is 0. The Morgan fingerprint density at radius 1 is 1.00 bits per heavy atom. The Morgan fingerprint density at radius 3 is 2.63 bits per heavy atom. The largest absolute Gasteiger partial charge is 0.459 e. The van der Waals surface area contributed by atoms with Crippen LogP contribution < -0.4 is 5.32 Å². The number of hydrogen-bond donors (Lipinski definition) is 1. The average molecular weight is 442 g/mol. The maximum absolute atomic E-state index is 12.8. The number of fused-ring (bicyclic) bond motifs is 3. The predicted molar refractivity (Wildman–Crippen MR) is 122 cm³/mol. The van der Waals surface area contributed by atoms with E-state index in [1.54, 1.807) is 6.07 Å². The van der Waals surface area contributed by atoms with Crippen molar-refractivity contribution in [2.24, 2.45) is 5.92 Å². The molecule has 3 unspecified atom stereocenters. The number of benzene rings is 2. The summed E-state index contributed by atoms with van der Waals surface area (Å²) in [6.07, 6.45) is 11.0. The van der Waals surface area contributed by atoms with Crippen molar-refractivity contribution in [3.8, 4) is 0 Å². The molecule has 0 spiro atoms. The van der Waals surface area contributed by atoms with Gasteiger partial charge in [-0.15, -0.1) is 0 Å². The first-order chi connectivity index (χ1) is 14.6. The normalized spacial score (nSPS) is 25.3. The zero-order valence-corrected chi connectivity index (χ0v) is 18.3. The molecule has 2 aromatic rings. The molecule has 0 radical (unpaired) electrons. The number of nitrogens with one attached hydrogen (secondary N) is 1. The minimum Gasteiger partial charge on any atom is -0.459 e. The van der Waals surface area contributed by atoms with Crippen LogP contribution in [0.4, 0.5) is 5.69 Å². The van der Waals surface area contributed by atoms with Gasteiger partial charge >= 0.3 is 5.97 Å². The molecule has 1 saturated carbocycles. The third-order valence-corrected chi connectivity index (χ3v) is 7.28. The van der Waals surface area contributed by atoms with Crippen LogP contribution in [0.2, 0.25) is 10.0 Å². The fraction of sp³-hybridized carbons (Fsp3) is 0.400. The molecule has 1 fully saturated rings. The number of hydrogen-bond acceptors (Lipinski definition) is 3. The number of allylic oxidation sites excluding steroid dienone is 2. The number of anilines is 1. The van der Waals surface area contributed by atoms with Crippen LogP contribution in [0.1, 0.15) is 72.0 Å². The highest BCUT2D eigenvalue weighted by Crippen LogP contribution is 2.51. The molecule has 1 N–H and O–H groups in total. The number of halogens is 2. The Balaban J connectivity index is 1.42. The maximum Gasteiger partial charge on any atom is 0.338 e. The van der Waals surface area contributed by atoms with Gasteiger partial charge in [0.25, 0.3) is 0 Å². The first-order valence-electron chi connectivity index (χ1n) is 10.8. The summed E-state index contributed by atoms with van der Waals surface area (Å²) in [5.74, 6) is 0.396. The molecule has 30 heavy (non-hydrogen) atoms. The first kappa shape index (κ1) is 20.0. The van der Waals surface area contributed by atoms with E-state index in [2.05, 4.69) is 17.5 Å². The van der Waals surface area contributed by atoms with E-state index in [0.717, 1.165) is 48.9 Å². The van der Waals surface area contributed by atoms with Gasteiger partial charge in [0, 0.05) is 21.7 Å². The highest BCUT2D eigenvalue weighted by molar-refractivity contribution is 6.35. The van der Waals surface area contributed by atoms with Gasteiger partial charge in [-0.2, -0.15) is 0 Å². The van der Waals surface area contributed by atoms with Gasteiger partial charge in [0.05, 0.1) is 11.6 Å². The highest BCUT2D eigenvalue weighted by atomic mass is 35.5. The lowest BCUT2D eigenvalue weighted by Gasteiger charge is -2.38. The number of ether oxygens (including phenoxy) is 1. The fourth-order valence-electron chi connectivity index (χ4n) is 5.19. The molecule has 2 aromatic carbocycles. The molecular weight excluding hydrogens is 417 g/mol. The third-order valence-electron chi connectivity index (χ3n) is 6.72. The van der Waals surface area contributed by atoms with Crippen molar-refractivity contribution in [1.82, 2.24) is 0 Å². The van der Waals surface area contributed by atoms with E-state index >= 15 is 0 Å². The Morgan fingerprint density at radius 2 is 1.83 bits per heavy atom. The predicted octanol–water partition coefficient (Wildman–Crippen LogP) is 7.31. The van der Waals surface area contributed by atoms with E-state index in [4.69, 9.17) is 27.9 Å². The summed E-state index contributed by atoms with van der Waals surface area (Å²) in [5.41, 5.74) is 3.91. The van der Waals surface area contributed by atoms with Crippen LogP contribution in [0.5, 0.6) is 0 Å². The summed E-state index contributed by atoms with van der Waals surface area (Å²) >= 11 is 12.6. The summed E-state index contributed by atoms with van der Waals surface area (Å²) < 4.78 is 5.79. The topological polar surface area (TPSA) is 38.3 Å². The Bertz CT molecular complexity index is 997. The lowest BCUT2D eigenvalue weighted by atomic mass is 9.76. The van der Waals surface area contributed by atoms with Gasteiger partial charge in [-0.1, -0.05) is 47.8 Å². The third kappa shape index (κ3) is 3.74. The highest BCUT2D eigenvalue weighted by Gasteiger charge is 2.39. The molecule has 3 atom stereocenters. The van der Waals surface area contributed by atoms with Gasteiger partial charge in [-0.05, 0) is 79.5 Å². The fourth-order valence-corrected chi connectivity index (χ4v) is 5.71. The number of rotatable bonds is 3. The van der Waals surface area contributed by atoms with E-state index in [-0.39, 0.29) is 24.0 Å². The summed E-state index contributed by atoms with van der Waals surface area (Å²) in [5, 5.41) is 5.00. The minimum atomic E-state index is -0.203. The van der Waals surface area contributed by atoms with Crippen LogP contribution in [0.25, 0.3) is 0 Å². The number of carbonyl (C=O) groups is 1. The summed E-state index contributed by atoms with van der Waals surface area (Å²) in [6, 6.07) is 11.7. The zero-order chi connectivity index (χ0) is 20.7. The van der Waals surface area contributed by atoms with Crippen LogP contribution >= 0.6 is 23.2 Å². The molecule has 5 rings (SSSR count). The van der Waals surface area contributed by atoms with Crippen molar-refractivity contribution in [1.29, 1.82) is 0 Å². The van der Waals surface area contributed by atoms with E-state index < -0.39 is 0 Å². The SMILES string of the molecule is O=C(OC1CCCCC1)c1ccc2c(c1)C1C=CCC1C(c1ccc(Cl)cc1Cl)N2. The van der Waals surface area contributed by atoms with Crippen LogP contribution in [-0.2, 0) is 4.74 Å². The standard InChI is InChI=1S/C25H25Cl2NO2/c26-16-10-11-20(22(27)14-16)24-19-8-4-7-18(19)21-13-15(9-12-23(21)28-24)25(29)30-17-5-2-1-3-6-17/h4,7,9-14,17-19,24,28H,1-3,5-6,8H2. The molecule has 1 heterocycles. The van der Waals surface area contributed by atoms with Gasteiger partial charge in [-0.3, -0.25) is 0 Å². The molecule has 0 amide bonds. The van der Waals surface area contributed by atoms with Crippen molar-refractivity contribution in [3.05, 3.63) is 75.3 Å². The van der Waals surface area contributed by atoms with Gasteiger partial charge in [-0.25, -0.2) is 4.79 Å². The average Bonchev–Trinajstić information content (AvgIpc) is 3.24. The number of esters is 1. The van der Waals surface area contributed by atoms with Crippen molar-refractivity contribution in [2.45, 2.75) is 56.6 Å². The van der Waals surface area contributed by atoms with Gasteiger partial charge in [0.15, 0.2) is 0 Å². The first-order valence-corrected chi connectivity index (χ1v) is 11.6. The Hall–Kier alpha value is -1.97. The molecule has 0 saturated heterocycles. The molecule has 0 bridgehead atoms. The van der Waals surface area contributed by atoms with Crippen molar-refractivity contribution in [3.63, 3.8) is 0 Å². The van der Waals surface area contributed by atoms with Crippen LogP contribution in [0.3, 0.4) is 0 Å². The minimum absolute atomic E-state index is 0.0657. The van der Waals surface area contributed by atoms with Crippen LogP contribution in [0, 0.1) is 5.92 Å². The quantitative estimate of drug-likeness (QED) is 0.400. The molecule has 1 aliphatic heterocycles. The van der Waals surface area contributed by atoms with Crippen molar-refractivity contribution < 1.29 is 9.53 Å². The second kappa shape index (κ2) is 8.28. The van der Waals surface area contributed by atoms with E-state index in [9.17, 15) is 4.79 Å². The van der Waals surface area contributed by atoms with Gasteiger partial charge in [0.2, 0.25) is 0 Å². The summed E-state index contributed by atoms with van der Waals surface area (Å²) in [7, 11) is 0. The van der Waals surface area contributed by atoms with Gasteiger partial charge < -0.3 is 10.1 Å². The second-order valence-corrected chi connectivity index (χ2v) is 9.45. The van der Waals surface area contributed by atoms with Crippen molar-refractivity contribution >= 4 is 34.9 Å². The second-order valence-electron chi connectivity index (χ2n) is 8.61. The molecule has 3 aliphatic rings.